The lowest BCUT2D eigenvalue weighted by atomic mass is 10.2. The number of amides is 1. The van der Waals surface area contributed by atoms with E-state index in [1.807, 2.05) is 0 Å². The van der Waals surface area contributed by atoms with Crippen LogP contribution in [0.1, 0.15) is 5.56 Å². The summed E-state index contributed by atoms with van der Waals surface area (Å²) in [6, 6.07) is 6.16. The van der Waals surface area contributed by atoms with Crippen molar-refractivity contribution in [2.45, 2.75) is 12.6 Å². The van der Waals surface area contributed by atoms with Gasteiger partial charge in [-0.2, -0.15) is 13.2 Å². The number of para-hydroxylation sites is 1. The topological polar surface area (TPSA) is 46.6 Å². The molecule has 90 valence electrons. The molecule has 1 aliphatic rings. The molecule has 0 spiro atoms. The molecule has 0 unspecified atom stereocenters. The van der Waals surface area contributed by atoms with Gasteiger partial charge in [-0.15, -0.1) is 5.06 Å². The zero-order valence-corrected chi connectivity index (χ0v) is 8.32. The summed E-state index contributed by atoms with van der Waals surface area (Å²) in [4.78, 5) is 26.0. The van der Waals surface area contributed by atoms with E-state index in [0.717, 1.165) is 0 Å². The lowest BCUT2D eigenvalue weighted by Crippen LogP contribution is -2.36. The first-order chi connectivity index (χ1) is 7.89. The normalized spacial score (nSPS) is 14.8. The molecule has 7 heteroatoms. The summed E-state index contributed by atoms with van der Waals surface area (Å²) < 4.78 is 36.0. The Labute approximate surface area is 93.5 Å². The number of anilines is 1. The summed E-state index contributed by atoms with van der Waals surface area (Å²) in [6.07, 6.45) is -5.21. The molecule has 1 aromatic carbocycles. The van der Waals surface area contributed by atoms with Gasteiger partial charge in [0.2, 0.25) is 0 Å². The van der Waals surface area contributed by atoms with Crippen LogP contribution in [-0.2, 0) is 20.8 Å². The highest BCUT2D eigenvalue weighted by molar-refractivity contribution is 6.01. The number of rotatable bonds is 1. The molecule has 0 saturated heterocycles. The monoisotopic (exact) mass is 245 g/mol. The number of hydrogen-bond donors (Lipinski definition) is 0. The van der Waals surface area contributed by atoms with Crippen LogP contribution >= 0.6 is 0 Å². The summed E-state index contributed by atoms with van der Waals surface area (Å²) in [5, 5.41) is 0.380. The number of carbonyl (C=O) groups excluding carboxylic acids is 2. The number of carbonyl (C=O) groups is 2. The molecule has 4 nitrogen and oxygen atoms in total. The lowest BCUT2D eigenvalue weighted by molar-refractivity contribution is -0.201. The fraction of sp³-hybridized carbons (Fsp3) is 0.200. The highest BCUT2D eigenvalue weighted by atomic mass is 19.4. The van der Waals surface area contributed by atoms with E-state index in [1.165, 1.54) is 12.1 Å². The third-order valence-electron chi connectivity index (χ3n) is 2.18. The van der Waals surface area contributed by atoms with Crippen LogP contribution in [0.25, 0.3) is 0 Å². The van der Waals surface area contributed by atoms with Gasteiger partial charge in [-0.05, 0) is 11.6 Å². The predicted octanol–water partition coefficient (Wildman–Crippen LogP) is 1.60. The fourth-order valence-corrected chi connectivity index (χ4v) is 1.46. The largest absolute Gasteiger partial charge is 0.493 e. The average molecular weight is 245 g/mol. The number of benzene rings is 1. The van der Waals surface area contributed by atoms with Gasteiger partial charge in [-0.25, -0.2) is 4.79 Å². The van der Waals surface area contributed by atoms with E-state index >= 15 is 0 Å². The predicted molar refractivity (Wildman–Crippen MR) is 49.8 cm³/mol. The van der Waals surface area contributed by atoms with Crippen molar-refractivity contribution in [3.05, 3.63) is 29.8 Å². The molecule has 1 aliphatic heterocycles. The Morgan fingerprint density at radius 3 is 2.59 bits per heavy atom. The van der Waals surface area contributed by atoms with Gasteiger partial charge >= 0.3 is 12.1 Å². The Bertz CT molecular complexity index is 484. The van der Waals surface area contributed by atoms with E-state index in [2.05, 4.69) is 4.84 Å². The van der Waals surface area contributed by atoms with Gasteiger partial charge in [0.25, 0.3) is 5.91 Å². The molecule has 0 aromatic heterocycles. The molecule has 0 aliphatic carbocycles. The maximum absolute atomic E-state index is 12.0. The van der Waals surface area contributed by atoms with Crippen molar-refractivity contribution >= 4 is 17.6 Å². The van der Waals surface area contributed by atoms with E-state index in [-0.39, 0.29) is 12.1 Å². The van der Waals surface area contributed by atoms with Crippen molar-refractivity contribution < 1.29 is 27.6 Å². The molecule has 1 amide bonds. The third-order valence-corrected chi connectivity index (χ3v) is 2.18. The molecular weight excluding hydrogens is 239 g/mol. The third kappa shape index (κ3) is 2.08. The van der Waals surface area contributed by atoms with Crippen molar-refractivity contribution in [2.75, 3.05) is 5.06 Å². The summed E-state index contributed by atoms with van der Waals surface area (Å²) in [6.45, 7) is 0. The Morgan fingerprint density at radius 2 is 1.94 bits per heavy atom. The van der Waals surface area contributed by atoms with E-state index in [4.69, 9.17) is 0 Å². The van der Waals surface area contributed by atoms with E-state index in [0.29, 0.717) is 10.6 Å². The van der Waals surface area contributed by atoms with E-state index in [1.54, 1.807) is 12.1 Å². The molecule has 0 atom stereocenters. The average Bonchev–Trinajstić information content (AvgIpc) is 2.54. The van der Waals surface area contributed by atoms with E-state index in [9.17, 15) is 22.8 Å². The van der Waals surface area contributed by atoms with Crippen LogP contribution < -0.4 is 5.06 Å². The SMILES string of the molecule is O=C1Cc2ccccc2N1OC(=O)C(F)(F)F. The second-order valence-corrected chi connectivity index (χ2v) is 3.37. The molecule has 0 N–H and O–H groups in total. The second kappa shape index (κ2) is 3.76. The van der Waals surface area contributed by atoms with Gasteiger partial charge in [-0.3, -0.25) is 4.79 Å². The molecule has 0 bridgehead atoms. The lowest BCUT2D eigenvalue weighted by Gasteiger charge is -2.16. The molecular formula is C10H6F3NO3. The summed E-state index contributed by atoms with van der Waals surface area (Å²) in [5.74, 6) is -3.12. The Morgan fingerprint density at radius 1 is 1.29 bits per heavy atom. The standard InChI is InChI=1S/C10H6F3NO3/c11-10(12,13)9(16)17-14-7-4-2-1-3-6(7)5-8(14)15/h1-4H,5H2. The number of alkyl halides is 3. The first-order valence-corrected chi connectivity index (χ1v) is 4.59. The number of hydrogen-bond acceptors (Lipinski definition) is 3. The van der Waals surface area contributed by atoms with Gasteiger partial charge in [0.05, 0.1) is 12.1 Å². The highest BCUT2D eigenvalue weighted by Crippen LogP contribution is 2.30. The van der Waals surface area contributed by atoms with Crippen LogP contribution in [0.15, 0.2) is 24.3 Å². The first kappa shape index (κ1) is 11.4. The van der Waals surface area contributed by atoms with Crippen molar-refractivity contribution in [1.82, 2.24) is 0 Å². The number of hydroxylamine groups is 1. The first-order valence-electron chi connectivity index (χ1n) is 4.59. The summed E-state index contributed by atoms with van der Waals surface area (Å²) in [7, 11) is 0. The molecule has 1 aromatic rings. The minimum atomic E-state index is -5.13. The van der Waals surface area contributed by atoms with Crippen molar-refractivity contribution in [2.24, 2.45) is 0 Å². The van der Waals surface area contributed by atoms with Gasteiger partial charge in [0, 0.05) is 0 Å². The maximum atomic E-state index is 12.0. The van der Waals surface area contributed by atoms with Gasteiger partial charge in [0.15, 0.2) is 0 Å². The molecule has 0 saturated carbocycles. The Kier molecular flexibility index (Phi) is 2.53. The molecule has 1 heterocycles. The summed E-state index contributed by atoms with van der Waals surface area (Å²) >= 11 is 0. The zero-order valence-electron chi connectivity index (χ0n) is 8.32. The van der Waals surface area contributed by atoms with Crippen LogP contribution in [0, 0.1) is 0 Å². The fourth-order valence-electron chi connectivity index (χ4n) is 1.46. The minimum Gasteiger partial charge on any atom is -0.324 e. The van der Waals surface area contributed by atoms with Gasteiger partial charge in [0.1, 0.15) is 0 Å². The Balaban J connectivity index is 2.23. The van der Waals surface area contributed by atoms with Crippen LogP contribution in [0.2, 0.25) is 0 Å². The second-order valence-electron chi connectivity index (χ2n) is 3.37. The zero-order chi connectivity index (χ0) is 12.6. The molecule has 0 radical (unpaired) electrons. The molecule has 0 fully saturated rings. The maximum Gasteiger partial charge on any atom is 0.493 e. The number of halogens is 3. The molecule has 17 heavy (non-hydrogen) atoms. The van der Waals surface area contributed by atoms with Crippen molar-refractivity contribution in [3.8, 4) is 0 Å². The van der Waals surface area contributed by atoms with E-state index < -0.39 is 18.1 Å². The molecule has 2 rings (SSSR count). The smallest absolute Gasteiger partial charge is 0.324 e. The van der Waals surface area contributed by atoms with Crippen LogP contribution in [0.4, 0.5) is 18.9 Å². The van der Waals surface area contributed by atoms with Crippen molar-refractivity contribution in [3.63, 3.8) is 0 Å². The van der Waals surface area contributed by atoms with Crippen LogP contribution in [0.3, 0.4) is 0 Å². The Hall–Kier alpha value is -2.05. The van der Waals surface area contributed by atoms with Crippen LogP contribution in [-0.4, -0.2) is 18.1 Å². The van der Waals surface area contributed by atoms with Gasteiger partial charge < -0.3 is 4.84 Å². The number of fused-ring (bicyclic) bond motifs is 1. The quantitative estimate of drug-likeness (QED) is 0.754. The highest BCUT2D eigenvalue weighted by Gasteiger charge is 2.44. The van der Waals surface area contributed by atoms with Crippen LogP contribution in [0.5, 0.6) is 0 Å². The van der Waals surface area contributed by atoms with Crippen molar-refractivity contribution in [1.29, 1.82) is 0 Å². The summed E-state index contributed by atoms with van der Waals surface area (Å²) in [5.41, 5.74) is 0.683. The minimum absolute atomic E-state index is 0.0820. The van der Waals surface area contributed by atoms with Gasteiger partial charge in [-0.1, -0.05) is 18.2 Å². The number of nitrogens with zero attached hydrogens (tertiary/aromatic N) is 1.